The van der Waals surface area contributed by atoms with Crippen LogP contribution in [0.2, 0.25) is 0 Å². The van der Waals surface area contributed by atoms with Crippen molar-refractivity contribution < 1.29 is 28.2 Å². The van der Waals surface area contributed by atoms with Crippen molar-refractivity contribution in [3.63, 3.8) is 0 Å². The summed E-state index contributed by atoms with van der Waals surface area (Å²) in [6.07, 6.45) is 0. The van der Waals surface area contributed by atoms with Gasteiger partial charge in [-0.3, -0.25) is 0 Å². The zero-order chi connectivity index (χ0) is 22.0. The summed E-state index contributed by atoms with van der Waals surface area (Å²) in [6, 6.07) is 9.31. The number of hydrogen-bond donors (Lipinski definition) is 1. The molecule has 0 atom stereocenters. The summed E-state index contributed by atoms with van der Waals surface area (Å²) in [5.74, 6) is -0.222. The van der Waals surface area contributed by atoms with Gasteiger partial charge in [0, 0.05) is 11.4 Å². The molecule has 7 heteroatoms. The van der Waals surface area contributed by atoms with Crippen molar-refractivity contribution >= 4 is 11.9 Å². The third kappa shape index (κ3) is 3.70. The number of ether oxygens (including phenoxy) is 3. The number of hydrogen-bond acceptors (Lipinski definition) is 7. The summed E-state index contributed by atoms with van der Waals surface area (Å²) < 4.78 is 21.6. The molecule has 0 amide bonds. The van der Waals surface area contributed by atoms with Crippen molar-refractivity contribution in [2.45, 2.75) is 26.7 Å². The summed E-state index contributed by atoms with van der Waals surface area (Å²) >= 11 is 0. The molecule has 7 nitrogen and oxygen atoms in total. The lowest BCUT2D eigenvalue weighted by Crippen LogP contribution is -2.31. The van der Waals surface area contributed by atoms with Gasteiger partial charge < -0.3 is 23.9 Å². The van der Waals surface area contributed by atoms with E-state index in [-0.39, 0.29) is 0 Å². The number of dihydropyridines is 1. The summed E-state index contributed by atoms with van der Waals surface area (Å²) in [5.41, 5.74) is 3.58. The van der Waals surface area contributed by atoms with E-state index in [0.717, 1.165) is 11.1 Å². The first-order valence-electron chi connectivity index (χ1n) is 9.42. The van der Waals surface area contributed by atoms with Gasteiger partial charge in [-0.1, -0.05) is 11.6 Å². The Balaban J connectivity index is 2.18. The minimum atomic E-state index is -0.768. The second kappa shape index (κ2) is 8.49. The molecule has 0 unspecified atom stereocenters. The highest BCUT2D eigenvalue weighted by Crippen LogP contribution is 2.42. The van der Waals surface area contributed by atoms with Crippen LogP contribution >= 0.6 is 0 Å². The summed E-state index contributed by atoms with van der Waals surface area (Å²) in [4.78, 5) is 25.2. The molecule has 0 saturated carbocycles. The van der Waals surface area contributed by atoms with E-state index in [1.54, 1.807) is 33.1 Å². The molecule has 1 aliphatic rings. The van der Waals surface area contributed by atoms with Crippen LogP contribution in [0.5, 0.6) is 5.75 Å². The van der Waals surface area contributed by atoms with Gasteiger partial charge in [0.05, 0.1) is 44.0 Å². The number of aryl methyl sites for hydroxylation is 1. The fourth-order valence-corrected chi connectivity index (χ4v) is 3.71. The molecule has 0 aliphatic carbocycles. The molecule has 0 bridgehead atoms. The normalized spacial score (nSPS) is 14.5. The molecule has 1 N–H and O–H groups in total. The van der Waals surface area contributed by atoms with Crippen molar-refractivity contribution in [2.75, 3.05) is 21.3 Å². The minimum Gasteiger partial charge on any atom is -0.496 e. The Morgan fingerprint density at radius 1 is 0.900 bits per heavy atom. The average molecular weight is 411 g/mol. The minimum absolute atomic E-state index is 0.292. The predicted octanol–water partition coefficient (Wildman–Crippen LogP) is 3.84. The van der Waals surface area contributed by atoms with E-state index >= 15 is 0 Å². The average Bonchev–Trinajstić information content (AvgIpc) is 3.22. The molecule has 0 saturated heterocycles. The number of nitrogens with one attached hydrogen (secondary N) is 1. The van der Waals surface area contributed by atoms with Gasteiger partial charge in [0.25, 0.3) is 0 Å². The maximum Gasteiger partial charge on any atom is 0.336 e. The fraction of sp³-hybridized carbons (Fsp3) is 0.304. The van der Waals surface area contributed by atoms with E-state index in [2.05, 4.69) is 5.32 Å². The quantitative estimate of drug-likeness (QED) is 0.748. The molecular formula is C23H25NO6. The standard InChI is InChI=1S/C23H25NO6/c1-12-7-8-16(27-4)15(11-12)17-9-10-18(30-17)21-19(22(25)28-5)13(2)24-14(3)20(21)23(26)29-6/h7-11,21,24H,1-6H3. The zero-order valence-electron chi connectivity index (χ0n) is 17.9. The van der Waals surface area contributed by atoms with Gasteiger partial charge in [0.2, 0.25) is 0 Å². The molecule has 158 valence electrons. The van der Waals surface area contributed by atoms with Crippen LogP contribution in [0.3, 0.4) is 0 Å². The van der Waals surface area contributed by atoms with E-state index in [1.165, 1.54) is 14.2 Å². The Hall–Kier alpha value is -3.48. The highest BCUT2D eigenvalue weighted by molar-refractivity contribution is 5.99. The van der Waals surface area contributed by atoms with Gasteiger partial charge in [0.1, 0.15) is 17.3 Å². The lowest BCUT2D eigenvalue weighted by Gasteiger charge is -2.28. The highest BCUT2D eigenvalue weighted by atomic mass is 16.5. The first-order chi connectivity index (χ1) is 14.3. The Labute approximate surface area is 175 Å². The Kier molecular flexibility index (Phi) is 6.01. The second-order valence-electron chi connectivity index (χ2n) is 7.02. The molecule has 0 radical (unpaired) electrons. The van der Waals surface area contributed by atoms with Crippen molar-refractivity contribution in [1.29, 1.82) is 0 Å². The summed E-state index contributed by atoms with van der Waals surface area (Å²) in [6.45, 7) is 5.48. The molecule has 3 rings (SSSR count). The third-order valence-electron chi connectivity index (χ3n) is 5.10. The maximum absolute atomic E-state index is 12.6. The number of esters is 2. The van der Waals surface area contributed by atoms with Gasteiger partial charge in [-0.15, -0.1) is 0 Å². The zero-order valence-corrected chi connectivity index (χ0v) is 17.9. The van der Waals surface area contributed by atoms with E-state index in [9.17, 15) is 9.59 Å². The van der Waals surface area contributed by atoms with Crippen LogP contribution < -0.4 is 10.1 Å². The van der Waals surface area contributed by atoms with E-state index in [4.69, 9.17) is 18.6 Å². The van der Waals surface area contributed by atoms with Gasteiger partial charge in [-0.25, -0.2) is 9.59 Å². The molecule has 2 aromatic rings. The first kappa shape index (κ1) is 21.2. The number of benzene rings is 1. The van der Waals surface area contributed by atoms with Gasteiger partial charge >= 0.3 is 11.9 Å². The highest BCUT2D eigenvalue weighted by Gasteiger charge is 2.39. The van der Waals surface area contributed by atoms with Crippen LogP contribution in [-0.2, 0) is 19.1 Å². The number of methoxy groups -OCH3 is 3. The summed E-state index contributed by atoms with van der Waals surface area (Å²) in [5, 5.41) is 3.07. The van der Waals surface area contributed by atoms with Crippen LogP contribution in [0.4, 0.5) is 0 Å². The largest absolute Gasteiger partial charge is 0.496 e. The maximum atomic E-state index is 12.6. The number of rotatable bonds is 5. The molecule has 1 aromatic heterocycles. The second-order valence-corrected chi connectivity index (χ2v) is 7.02. The lowest BCUT2D eigenvalue weighted by molar-refractivity contribution is -0.137. The van der Waals surface area contributed by atoms with E-state index in [0.29, 0.717) is 39.8 Å². The summed E-state index contributed by atoms with van der Waals surface area (Å²) in [7, 11) is 4.19. The predicted molar refractivity (Wildman–Crippen MR) is 111 cm³/mol. The number of carbonyl (C=O) groups is 2. The lowest BCUT2D eigenvalue weighted by atomic mass is 9.83. The molecule has 2 heterocycles. The van der Waals surface area contributed by atoms with Crippen LogP contribution in [0.1, 0.15) is 31.1 Å². The fourth-order valence-electron chi connectivity index (χ4n) is 3.71. The van der Waals surface area contributed by atoms with Gasteiger partial charge in [-0.2, -0.15) is 0 Å². The third-order valence-corrected chi connectivity index (χ3v) is 5.10. The Morgan fingerprint density at radius 3 is 2.03 bits per heavy atom. The Morgan fingerprint density at radius 2 is 1.50 bits per heavy atom. The van der Waals surface area contributed by atoms with Crippen molar-refractivity contribution in [2.24, 2.45) is 0 Å². The smallest absolute Gasteiger partial charge is 0.336 e. The molecule has 30 heavy (non-hydrogen) atoms. The van der Waals surface area contributed by atoms with Gasteiger partial charge in [-0.05, 0) is 45.0 Å². The topological polar surface area (TPSA) is 87.0 Å². The van der Waals surface area contributed by atoms with Crippen molar-refractivity contribution in [1.82, 2.24) is 5.32 Å². The van der Waals surface area contributed by atoms with Gasteiger partial charge in [0.15, 0.2) is 0 Å². The first-order valence-corrected chi connectivity index (χ1v) is 9.42. The van der Waals surface area contributed by atoms with Crippen LogP contribution in [-0.4, -0.2) is 33.3 Å². The number of carbonyl (C=O) groups excluding carboxylic acids is 2. The molecule has 1 aromatic carbocycles. The van der Waals surface area contributed by atoms with E-state index < -0.39 is 17.9 Å². The number of allylic oxidation sites excluding steroid dienone is 2. The van der Waals surface area contributed by atoms with Crippen LogP contribution in [0.25, 0.3) is 11.3 Å². The molecule has 0 spiro atoms. The molecule has 1 aliphatic heterocycles. The van der Waals surface area contributed by atoms with E-state index in [1.807, 2.05) is 25.1 Å². The number of furan rings is 1. The molecule has 0 fully saturated rings. The van der Waals surface area contributed by atoms with Crippen LogP contribution in [0.15, 0.2) is 57.3 Å². The van der Waals surface area contributed by atoms with Crippen molar-refractivity contribution in [3.8, 4) is 17.1 Å². The SMILES string of the molecule is COC(=O)C1=C(C)NC(C)=C(C(=O)OC)C1c1ccc(-c2cc(C)ccc2OC)o1. The van der Waals surface area contributed by atoms with Crippen molar-refractivity contribution in [3.05, 3.63) is 64.2 Å². The Bertz CT molecular complexity index is 1020. The van der Waals surface area contributed by atoms with Crippen LogP contribution in [0, 0.1) is 6.92 Å². The monoisotopic (exact) mass is 411 g/mol. The molecular weight excluding hydrogens is 386 g/mol.